The summed E-state index contributed by atoms with van der Waals surface area (Å²) in [7, 11) is -3.41. The molecule has 1 rings (SSSR count). The second-order valence-electron chi connectivity index (χ2n) is 3.62. The molecule has 0 aliphatic carbocycles. The van der Waals surface area contributed by atoms with Crippen molar-refractivity contribution in [3.8, 4) is 0 Å². The Bertz CT molecular complexity index is 510. The topological polar surface area (TPSA) is 37.4 Å². The lowest BCUT2D eigenvalue weighted by molar-refractivity contribution is 0.445. The second-order valence-corrected chi connectivity index (χ2v) is 7.24. The molecule has 0 radical (unpaired) electrons. The molecule has 0 amide bonds. The summed E-state index contributed by atoms with van der Waals surface area (Å²) in [6.07, 6.45) is 0. The Morgan fingerprint density at radius 1 is 1.12 bits per heavy atom. The van der Waals surface area contributed by atoms with Gasteiger partial charge in [-0.15, -0.1) is 0 Å². The van der Waals surface area contributed by atoms with E-state index in [0.717, 1.165) is 10.0 Å². The van der Waals surface area contributed by atoms with Crippen LogP contribution in [0.5, 0.6) is 0 Å². The molecule has 96 valence electrons. The Kier molecular flexibility index (Phi) is 5.19. The molecule has 0 unspecified atom stereocenters. The predicted molar refractivity (Wildman–Crippen MR) is 76.7 cm³/mol. The second kappa shape index (κ2) is 5.82. The third kappa shape index (κ3) is 3.10. The summed E-state index contributed by atoms with van der Waals surface area (Å²) in [4.78, 5) is 0.321. The highest BCUT2D eigenvalue weighted by Gasteiger charge is 2.24. The zero-order valence-corrected chi connectivity index (χ0v) is 14.0. The number of hydrogen-bond donors (Lipinski definition) is 0. The van der Waals surface area contributed by atoms with Gasteiger partial charge in [-0.25, -0.2) is 8.42 Å². The van der Waals surface area contributed by atoms with Gasteiger partial charge < -0.3 is 0 Å². The van der Waals surface area contributed by atoms with Gasteiger partial charge in [0.1, 0.15) is 0 Å². The SMILES string of the molecule is CCN(CC)S(=O)(=O)c1cc(C)c(Br)cc1Br. The van der Waals surface area contributed by atoms with Gasteiger partial charge in [0.2, 0.25) is 10.0 Å². The van der Waals surface area contributed by atoms with Gasteiger partial charge in [-0.3, -0.25) is 0 Å². The van der Waals surface area contributed by atoms with Crippen molar-refractivity contribution >= 4 is 41.9 Å². The lowest BCUT2D eigenvalue weighted by Crippen LogP contribution is -2.30. The maximum Gasteiger partial charge on any atom is 0.244 e. The highest BCUT2D eigenvalue weighted by molar-refractivity contribution is 9.11. The minimum atomic E-state index is -3.41. The van der Waals surface area contributed by atoms with Crippen molar-refractivity contribution in [3.05, 3.63) is 26.6 Å². The fraction of sp³-hybridized carbons (Fsp3) is 0.455. The van der Waals surface area contributed by atoms with Crippen molar-refractivity contribution in [2.45, 2.75) is 25.7 Å². The minimum absolute atomic E-state index is 0.321. The van der Waals surface area contributed by atoms with Gasteiger partial charge in [0.25, 0.3) is 0 Å². The maximum absolute atomic E-state index is 12.4. The van der Waals surface area contributed by atoms with Crippen molar-refractivity contribution < 1.29 is 8.42 Å². The number of benzene rings is 1. The molecule has 0 N–H and O–H groups in total. The summed E-state index contributed by atoms with van der Waals surface area (Å²) in [5.74, 6) is 0. The average Bonchev–Trinajstić information content (AvgIpc) is 2.24. The van der Waals surface area contributed by atoms with E-state index in [0.29, 0.717) is 22.5 Å². The number of aryl methyl sites for hydroxylation is 1. The third-order valence-electron chi connectivity index (χ3n) is 2.54. The van der Waals surface area contributed by atoms with Crippen molar-refractivity contribution in [2.24, 2.45) is 0 Å². The summed E-state index contributed by atoms with van der Waals surface area (Å²) in [6, 6.07) is 3.45. The van der Waals surface area contributed by atoms with E-state index in [1.54, 1.807) is 12.1 Å². The van der Waals surface area contributed by atoms with Crippen molar-refractivity contribution in [1.82, 2.24) is 4.31 Å². The first-order valence-corrected chi connectivity index (χ1v) is 8.33. The van der Waals surface area contributed by atoms with Gasteiger partial charge in [0.05, 0.1) is 4.90 Å². The molecule has 0 aliphatic heterocycles. The fourth-order valence-corrected chi connectivity index (χ4v) is 4.73. The third-order valence-corrected chi connectivity index (χ3v) is 6.40. The Balaban J connectivity index is 3.38. The lowest BCUT2D eigenvalue weighted by Gasteiger charge is -2.19. The number of hydrogen-bond acceptors (Lipinski definition) is 2. The normalized spacial score (nSPS) is 12.1. The van der Waals surface area contributed by atoms with E-state index < -0.39 is 10.0 Å². The molecule has 1 aromatic carbocycles. The van der Waals surface area contributed by atoms with E-state index in [-0.39, 0.29) is 0 Å². The highest BCUT2D eigenvalue weighted by Crippen LogP contribution is 2.30. The van der Waals surface area contributed by atoms with Crippen LogP contribution in [-0.4, -0.2) is 25.8 Å². The molecule has 0 saturated carbocycles. The fourth-order valence-electron chi connectivity index (χ4n) is 1.53. The molecule has 0 heterocycles. The van der Waals surface area contributed by atoms with E-state index >= 15 is 0 Å². The zero-order valence-electron chi connectivity index (χ0n) is 10.00. The van der Waals surface area contributed by atoms with E-state index in [1.165, 1.54) is 4.31 Å². The first kappa shape index (κ1) is 15.1. The molecule has 0 fully saturated rings. The number of rotatable bonds is 4. The van der Waals surface area contributed by atoms with Crippen LogP contribution in [0.15, 0.2) is 26.0 Å². The molecule has 0 atom stereocenters. The number of halogens is 2. The summed E-state index contributed by atoms with van der Waals surface area (Å²) in [6.45, 7) is 6.49. The molecule has 3 nitrogen and oxygen atoms in total. The van der Waals surface area contributed by atoms with Gasteiger partial charge in [0.15, 0.2) is 0 Å². The van der Waals surface area contributed by atoms with Crippen LogP contribution in [0.3, 0.4) is 0 Å². The van der Waals surface area contributed by atoms with Gasteiger partial charge >= 0.3 is 0 Å². The Morgan fingerprint density at radius 3 is 2.12 bits per heavy atom. The molecule has 6 heteroatoms. The van der Waals surface area contributed by atoms with Crippen LogP contribution in [0.25, 0.3) is 0 Å². The summed E-state index contributed by atoms with van der Waals surface area (Å²) < 4.78 is 27.6. The Morgan fingerprint density at radius 2 is 1.65 bits per heavy atom. The molecular weight excluding hydrogens is 370 g/mol. The quantitative estimate of drug-likeness (QED) is 0.795. The van der Waals surface area contributed by atoms with Crippen LogP contribution in [0.1, 0.15) is 19.4 Å². The zero-order chi connectivity index (χ0) is 13.2. The average molecular weight is 385 g/mol. The molecule has 0 bridgehead atoms. The van der Waals surface area contributed by atoms with Gasteiger partial charge in [0, 0.05) is 22.0 Å². The van der Waals surface area contributed by atoms with Crippen LogP contribution >= 0.6 is 31.9 Å². The van der Waals surface area contributed by atoms with Crippen LogP contribution < -0.4 is 0 Å². The van der Waals surface area contributed by atoms with Crippen molar-refractivity contribution in [2.75, 3.05) is 13.1 Å². The highest BCUT2D eigenvalue weighted by atomic mass is 79.9. The van der Waals surface area contributed by atoms with E-state index in [2.05, 4.69) is 31.9 Å². The monoisotopic (exact) mass is 383 g/mol. The van der Waals surface area contributed by atoms with Crippen LogP contribution in [-0.2, 0) is 10.0 Å². The maximum atomic E-state index is 12.4. The first-order chi connectivity index (χ1) is 7.84. The first-order valence-electron chi connectivity index (χ1n) is 5.30. The van der Waals surface area contributed by atoms with Crippen LogP contribution in [0, 0.1) is 6.92 Å². The van der Waals surface area contributed by atoms with E-state index in [1.807, 2.05) is 20.8 Å². The summed E-state index contributed by atoms with van der Waals surface area (Å²) >= 11 is 6.69. The van der Waals surface area contributed by atoms with Gasteiger partial charge in [-0.1, -0.05) is 29.8 Å². The largest absolute Gasteiger partial charge is 0.244 e. The summed E-state index contributed by atoms with van der Waals surface area (Å²) in [5.41, 5.74) is 0.902. The van der Waals surface area contributed by atoms with Crippen LogP contribution in [0.2, 0.25) is 0 Å². The molecular formula is C11H15Br2NO2S. The number of sulfonamides is 1. The molecule has 1 aromatic rings. The van der Waals surface area contributed by atoms with Crippen molar-refractivity contribution in [1.29, 1.82) is 0 Å². The van der Waals surface area contributed by atoms with Crippen LogP contribution in [0.4, 0.5) is 0 Å². The standard InChI is InChI=1S/C11H15Br2NO2S/c1-4-14(5-2)17(15,16)11-6-8(3)9(12)7-10(11)13/h6-7H,4-5H2,1-3H3. The van der Waals surface area contributed by atoms with E-state index in [9.17, 15) is 8.42 Å². The molecule has 0 aliphatic rings. The molecule has 0 aromatic heterocycles. The molecule has 0 spiro atoms. The predicted octanol–water partition coefficient (Wildman–Crippen LogP) is 3.55. The summed E-state index contributed by atoms with van der Waals surface area (Å²) in [5, 5.41) is 0. The minimum Gasteiger partial charge on any atom is -0.207 e. The Hall–Kier alpha value is 0.0900. The van der Waals surface area contributed by atoms with Gasteiger partial charge in [-0.05, 0) is 40.5 Å². The van der Waals surface area contributed by atoms with E-state index in [4.69, 9.17) is 0 Å². The van der Waals surface area contributed by atoms with Crippen molar-refractivity contribution in [3.63, 3.8) is 0 Å². The number of nitrogens with zero attached hydrogens (tertiary/aromatic N) is 1. The smallest absolute Gasteiger partial charge is 0.207 e. The molecule has 17 heavy (non-hydrogen) atoms. The lowest BCUT2D eigenvalue weighted by atomic mass is 10.2. The molecule has 0 saturated heterocycles. The Labute approximate surface area is 120 Å². The van der Waals surface area contributed by atoms with Gasteiger partial charge in [-0.2, -0.15) is 4.31 Å².